The highest BCUT2D eigenvalue weighted by molar-refractivity contribution is 5.68. The number of amides is 1. The predicted molar refractivity (Wildman–Crippen MR) is 48.4 cm³/mol. The topological polar surface area (TPSA) is 49.8 Å². The molecule has 1 rings (SSSR count). The largest absolute Gasteiger partial charge is 0.449 e. The maximum Gasteiger partial charge on any atom is 0.409 e. The molecule has 4 nitrogen and oxygen atoms in total. The molecule has 76 valence electrons. The van der Waals surface area contributed by atoms with Gasteiger partial charge in [0.15, 0.2) is 0 Å². The summed E-state index contributed by atoms with van der Waals surface area (Å²) < 4.78 is 4.98. The van der Waals surface area contributed by atoms with Crippen molar-refractivity contribution in [3.05, 3.63) is 0 Å². The van der Waals surface area contributed by atoms with Gasteiger partial charge in [-0.2, -0.15) is 0 Å². The van der Waals surface area contributed by atoms with Gasteiger partial charge in [0.1, 0.15) is 0 Å². The maximum absolute atomic E-state index is 11.2. The van der Waals surface area contributed by atoms with E-state index >= 15 is 0 Å². The highest BCUT2D eigenvalue weighted by Crippen LogP contribution is 2.14. The van der Waals surface area contributed by atoms with Gasteiger partial charge in [0, 0.05) is 25.6 Å². The second kappa shape index (κ2) is 5.07. The molecule has 0 saturated carbocycles. The predicted octanol–water partition coefficient (Wildman–Crippen LogP) is 0.847. The first-order valence-corrected chi connectivity index (χ1v) is 4.80. The normalized spacial score (nSPS) is 23.1. The smallest absolute Gasteiger partial charge is 0.409 e. The fourth-order valence-electron chi connectivity index (χ4n) is 1.53. The first-order chi connectivity index (χ1) is 6.27. The van der Waals surface area contributed by atoms with Gasteiger partial charge in [0.25, 0.3) is 0 Å². The summed E-state index contributed by atoms with van der Waals surface area (Å²) in [6.45, 7) is 4.14. The first kappa shape index (κ1) is 10.3. The Hall–Kier alpha value is -0.770. The molecule has 1 unspecified atom stereocenters. The zero-order valence-corrected chi connectivity index (χ0v) is 8.03. The van der Waals surface area contributed by atoms with Gasteiger partial charge in [-0.3, -0.25) is 0 Å². The fourth-order valence-corrected chi connectivity index (χ4v) is 1.53. The highest BCUT2D eigenvalue weighted by atomic mass is 16.6. The van der Waals surface area contributed by atoms with E-state index in [1.54, 1.807) is 4.90 Å². The van der Waals surface area contributed by atoms with Crippen LogP contribution in [0.4, 0.5) is 4.79 Å². The van der Waals surface area contributed by atoms with Crippen molar-refractivity contribution >= 4 is 6.09 Å². The zero-order chi connectivity index (χ0) is 9.68. The fraction of sp³-hybridized carbons (Fsp3) is 0.889. The number of aliphatic hydroxyl groups excluding tert-OH is 1. The lowest BCUT2D eigenvalue weighted by atomic mass is 10.1. The average molecular weight is 187 g/mol. The van der Waals surface area contributed by atoms with Crippen molar-refractivity contribution in [3.8, 4) is 0 Å². The Balaban J connectivity index is 2.38. The van der Waals surface area contributed by atoms with Crippen LogP contribution in [0.3, 0.4) is 0 Å². The summed E-state index contributed by atoms with van der Waals surface area (Å²) in [6.07, 6.45) is 1.45. The third-order valence-electron chi connectivity index (χ3n) is 2.21. The Morgan fingerprint density at radius 2 is 2.46 bits per heavy atom. The van der Waals surface area contributed by atoms with E-state index in [9.17, 15) is 4.79 Å². The molecule has 0 aromatic carbocycles. The van der Waals surface area contributed by atoms with Crippen LogP contribution in [-0.2, 0) is 4.74 Å². The van der Waals surface area contributed by atoms with Crippen LogP contribution in [0.1, 0.15) is 19.8 Å². The molecule has 1 fully saturated rings. The Morgan fingerprint density at radius 3 is 3.08 bits per heavy atom. The summed E-state index contributed by atoms with van der Waals surface area (Å²) in [4.78, 5) is 12.9. The molecule has 1 amide bonds. The average Bonchev–Trinajstić information content (AvgIpc) is 2.12. The number of rotatable bonds is 4. The lowest BCUT2D eigenvalue weighted by Gasteiger charge is -2.31. The number of nitrogens with zero attached hydrogens (tertiary/aromatic N) is 1. The van der Waals surface area contributed by atoms with Crippen molar-refractivity contribution in [2.75, 3.05) is 26.3 Å². The summed E-state index contributed by atoms with van der Waals surface area (Å²) in [5.41, 5.74) is 0. The van der Waals surface area contributed by atoms with Crippen molar-refractivity contribution in [2.45, 2.75) is 19.8 Å². The van der Waals surface area contributed by atoms with Gasteiger partial charge in [0.2, 0.25) is 0 Å². The number of carbonyl (C=O) groups excluding carboxylic acids is 1. The first-order valence-electron chi connectivity index (χ1n) is 4.80. The van der Waals surface area contributed by atoms with Gasteiger partial charge in [-0.05, 0) is 12.8 Å². The molecule has 1 saturated heterocycles. The standard InChI is InChI=1S/C9H17NO3/c1-2-4-10-6-8(3-5-11)7-13-9(10)12/h8,11H,2-7H2,1H3. The van der Waals surface area contributed by atoms with E-state index in [2.05, 4.69) is 0 Å². The minimum absolute atomic E-state index is 0.169. The number of cyclic esters (lactones) is 1. The molecule has 0 bridgehead atoms. The van der Waals surface area contributed by atoms with Gasteiger partial charge >= 0.3 is 6.09 Å². The monoisotopic (exact) mass is 187 g/mol. The Bertz CT molecular complexity index is 172. The molecule has 13 heavy (non-hydrogen) atoms. The molecule has 1 aliphatic rings. The Morgan fingerprint density at radius 1 is 1.69 bits per heavy atom. The van der Waals surface area contributed by atoms with Gasteiger partial charge in [-0.1, -0.05) is 6.92 Å². The summed E-state index contributed by atoms with van der Waals surface area (Å²) in [5.74, 6) is 0.300. The summed E-state index contributed by atoms with van der Waals surface area (Å²) in [5, 5.41) is 8.74. The summed E-state index contributed by atoms with van der Waals surface area (Å²) in [6, 6.07) is 0. The molecule has 4 heteroatoms. The molecule has 1 aliphatic heterocycles. The van der Waals surface area contributed by atoms with Crippen LogP contribution in [0.2, 0.25) is 0 Å². The van der Waals surface area contributed by atoms with Gasteiger partial charge in [-0.25, -0.2) is 4.79 Å². The quantitative estimate of drug-likeness (QED) is 0.709. The van der Waals surface area contributed by atoms with Crippen molar-refractivity contribution < 1.29 is 14.6 Å². The minimum Gasteiger partial charge on any atom is -0.449 e. The molecular formula is C9H17NO3. The summed E-state index contributed by atoms with van der Waals surface area (Å²) in [7, 11) is 0. The molecule has 0 aromatic rings. The van der Waals surface area contributed by atoms with Crippen LogP contribution in [0.5, 0.6) is 0 Å². The van der Waals surface area contributed by atoms with E-state index in [1.165, 1.54) is 0 Å². The Labute approximate surface area is 78.5 Å². The lowest BCUT2D eigenvalue weighted by Crippen LogP contribution is -2.43. The van der Waals surface area contributed by atoms with Crippen LogP contribution in [0, 0.1) is 5.92 Å². The van der Waals surface area contributed by atoms with E-state index in [-0.39, 0.29) is 12.7 Å². The van der Waals surface area contributed by atoms with Crippen LogP contribution in [0.25, 0.3) is 0 Å². The van der Waals surface area contributed by atoms with E-state index in [0.29, 0.717) is 18.9 Å². The molecular weight excluding hydrogens is 170 g/mol. The second-order valence-electron chi connectivity index (χ2n) is 3.40. The second-order valence-corrected chi connectivity index (χ2v) is 3.40. The van der Waals surface area contributed by atoms with E-state index < -0.39 is 0 Å². The minimum atomic E-state index is -0.212. The number of ether oxygens (including phenoxy) is 1. The van der Waals surface area contributed by atoms with Crippen LogP contribution in [0.15, 0.2) is 0 Å². The lowest BCUT2D eigenvalue weighted by molar-refractivity contribution is 0.0357. The molecule has 1 heterocycles. The molecule has 0 aliphatic carbocycles. The molecule has 1 N–H and O–H groups in total. The molecule has 0 spiro atoms. The van der Waals surface area contributed by atoms with Gasteiger partial charge in [-0.15, -0.1) is 0 Å². The number of hydrogen-bond donors (Lipinski definition) is 1. The zero-order valence-electron chi connectivity index (χ0n) is 8.03. The Kier molecular flexibility index (Phi) is 4.02. The summed E-state index contributed by atoms with van der Waals surface area (Å²) >= 11 is 0. The van der Waals surface area contributed by atoms with Crippen molar-refractivity contribution in [1.82, 2.24) is 4.90 Å². The highest BCUT2D eigenvalue weighted by Gasteiger charge is 2.25. The number of carbonyl (C=O) groups is 1. The van der Waals surface area contributed by atoms with E-state index in [4.69, 9.17) is 9.84 Å². The third-order valence-corrected chi connectivity index (χ3v) is 2.21. The van der Waals surface area contributed by atoms with Crippen LogP contribution >= 0.6 is 0 Å². The van der Waals surface area contributed by atoms with Gasteiger partial charge in [0.05, 0.1) is 6.61 Å². The van der Waals surface area contributed by atoms with Crippen molar-refractivity contribution in [1.29, 1.82) is 0 Å². The number of aliphatic hydroxyl groups is 1. The number of hydrogen-bond acceptors (Lipinski definition) is 3. The molecule has 1 atom stereocenters. The van der Waals surface area contributed by atoms with Crippen LogP contribution < -0.4 is 0 Å². The maximum atomic E-state index is 11.2. The van der Waals surface area contributed by atoms with Crippen molar-refractivity contribution in [3.63, 3.8) is 0 Å². The van der Waals surface area contributed by atoms with Gasteiger partial charge < -0.3 is 14.7 Å². The molecule has 0 radical (unpaired) electrons. The van der Waals surface area contributed by atoms with E-state index in [0.717, 1.165) is 19.5 Å². The van der Waals surface area contributed by atoms with Crippen LogP contribution in [-0.4, -0.2) is 42.4 Å². The molecule has 0 aromatic heterocycles. The third kappa shape index (κ3) is 2.88. The van der Waals surface area contributed by atoms with Crippen molar-refractivity contribution in [2.24, 2.45) is 5.92 Å². The van der Waals surface area contributed by atoms with E-state index in [1.807, 2.05) is 6.92 Å². The SMILES string of the molecule is CCCN1CC(CCO)COC1=O.